The van der Waals surface area contributed by atoms with Crippen molar-refractivity contribution >= 4 is 81.8 Å². The molecule has 0 aliphatic heterocycles. The van der Waals surface area contributed by atoms with Crippen LogP contribution >= 0.6 is 23.5 Å². The highest BCUT2D eigenvalue weighted by molar-refractivity contribution is 7.99. The van der Waals surface area contributed by atoms with Gasteiger partial charge in [0.25, 0.3) is 11.8 Å². The Morgan fingerprint density at radius 1 is 0.629 bits per heavy atom. The average molecular weight is 897 g/mol. The summed E-state index contributed by atoms with van der Waals surface area (Å²) < 4.78 is 11.8. The Bertz CT molecular complexity index is 1870. The molecular formula is C40H60N14O6S2. The second kappa shape index (κ2) is 27.9. The van der Waals surface area contributed by atoms with E-state index in [0.717, 1.165) is 0 Å². The molecule has 19 N–H and O–H groups in total. The molecule has 22 heteroatoms. The molecule has 20 nitrogen and oxygen atoms in total. The van der Waals surface area contributed by atoms with Gasteiger partial charge in [-0.3, -0.25) is 24.4 Å². The maximum absolute atomic E-state index is 14.3. The van der Waals surface area contributed by atoms with Crippen LogP contribution < -0.4 is 76.2 Å². The number of benzene rings is 3. The van der Waals surface area contributed by atoms with E-state index in [-0.39, 0.29) is 67.2 Å². The van der Waals surface area contributed by atoms with Gasteiger partial charge >= 0.3 is 6.03 Å². The van der Waals surface area contributed by atoms with Crippen molar-refractivity contribution in [1.29, 1.82) is 0 Å². The molecule has 3 aromatic rings. The number of urea groups is 1. The number of unbranched alkanes of at least 4 members (excludes halogenated alkanes) is 1. The number of ether oxygens (including phenoxy) is 2. The van der Waals surface area contributed by atoms with Crippen molar-refractivity contribution in [3.8, 4) is 11.5 Å². The summed E-state index contributed by atoms with van der Waals surface area (Å²) >= 11 is 2.69. The molecule has 0 spiro atoms. The molecule has 0 atom stereocenters. The van der Waals surface area contributed by atoms with Crippen molar-refractivity contribution in [3.63, 3.8) is 0 Å². The molecule has 5 amide bonds. The van der Waals surface area contributed by atoms with Crippen LogP contribution in [0.5, 0.6) is 11.5 Å². The summed E-state index contributed by atoms with van der Waals surface area (Å²) in [6, 6.07) is 12.5. The van der Waals surface area contributed by atoms with Gasteiger partial charge in [-0.25, -0.2) is 4.79 Å². The molecule has 338 valence electrons. The van der Waals surface area contributed by atoms with Crippen molar-refractivity contribution < 1.29 is 28.7 Å². The van der Waals surface area contributed by atoms with Crippen molar-refractivity contribution in [2.24, 2.45) is 50.1 Å². The number of thioether (sulfide) groups is 2. The smallest absolute Gasteiger partial charge is 0.319 e. The first-order chi connectivity index (χ1) is 29.9. The highest BCUT2D eigenvalue weighted by Gasteiger charge is 2.25. The fourth-order valence-electron chi connectivity index (χ4n) is 5.49. The number of guanidine groups is 1. The zero-order valence-electron chi connectivity index (χ0n) is 34.9. The second-order valence-electron chi connectivity index (χ2n) is 13.2. The number of nitrogens with two attached hydrogens (primary N) is 7. The highest BCUT2D eigenvalue weighted by Crippen LogP contribution is 2.38. The topological polar surface area (TPSA) is 354 Å². The largest absolute Gasteiger partial charge is 0.491 e. The summed E-state index contributed by atoms with van der Waals surface area (Å²) in [4.78, 5) is 63.6. The Hall–Kier alpha value is -5.78. The monoisotopic (exact) mass is 896 g/mol. The minimum Gasteiger partial charge on any atom is -0.491 e. The normalized spacial score (nSPS) is 11.0. The Morgan fingerprint density at radius 2 is 1.13 bits per heavy atom. The van der Waals surface area contributed by atoms with Gasteiger partial charge in [-0.1, -0.05) is 12.1 Å². The number of amidine groups is 1. The van der Waals surface area contributed by atoms with Gasteiger partial charge in [0.2, 0.25) is 5.91 Å². The number of aliphatic imine (C=N–C) groups is 2. The minimum atomic E-state index is -0.634. The second-order valence-corrected chi connectivity index (χ2v) is 15.4. The maximum Gasteiger partial charge on any atom is 0.319 e. The van der Waals surface area contributed by atoms with Crippen molar-refractivity contribution in [1.82, 2.24) is 5.32 Å². The number of rotatable bonds is 27. The third kappa shape index (κ3) is 17.3. The number of hydrogen-bond donors (Lipinski definition) is 12. The number of nitrogens with zero attached hydrogens (tertiary/aromatic N) is 2. The van der Waals surface area contributed by atoms with E-state index in [1.165, 1.54) is 35.7 Å². The number of amides is 5. The molecule has 0 aliphatic carbocycles. The first kappa shape index (κ1) is 50.6. The molecule has 0 heterocycles. The summed E-state index contributed by atoms with van der Waals surface area (Å²) in [6.07, 6.45) is 1.97. The predicted octanol–water partition coefficient (Wildman–Crippen LogP) is 2.24. The van der Waals surface area contributed by atoms with Crippen LogP contribution in [0.15, 0.2) is 68.3 Å². The summed E-state index contributed by atoms with van der Waals surface area (Å²) in [5.74, 6) is 0.101. The molecule has 0 radical (unpaired) electrons. The zero-order valence-corrected chi connectivity index (χ0v) is 36.6. The van der Waals surface area contributed by atoms with Crippen molar-refractivity contribution in [3.05, 3.63) is 59.7 Å². The third-order valence-electron chi connectivity index (χ3n) is 8.19. The van der Waals surface area contributed by atoms with E-state index < -0.39 is 17.8 Å². The van der Waals surface area contributed by atoms with Crippen molar-refractivity contribution in [2.45, 2.75) is 42.4 Å². The van der Waals surface area contributed by atoms with Crippen LogP contribution in [0.2, 0.25) is 0 Å². The van der Waals surface area contributed by atoms with Gasteiger partial charge < -0.3 is 76.2 Å². The third-order valence-corrected chi connectivity index (χ3v) is 10.5. The Balaban J connectivity index is 1.99. The molecule has 0 saturated heterocycles. The molecule has 0 aliphatic rings. The molecule has 3 aromatic carbocycles. The average Bonchev–Trinajstić information content (AvgIpc) is 3.23. The molecule has 0 saturated carbocycles. The molecule has 0 bridgehead atoms. The Labute approximate surface area is 370 Å². The van der Waals surface area contributed by atoms with E-state index >= 15 is 0 Å². The van der Waals surface area contributed by atoms with Gasteiger partial charge in [-0.05, 0) is 56.5 Å². The Kier molecular flexibility index (Phi) is 22.8. The number of carbonyl (C=O) groups excluding carboxylic acids is 4. The molecule has 0 aromatic heterocycles. The first-order valence-electron chi connectivity index (χ1n) is 20.0. The fourth-order valence-corrected chi connectivity index (χ4v) is 7.24. The molecule has 62 heavy (non-hydrogen) atoms. The summed E-state index contributed by atoms with van der Waals surface area (Å²) in [5.41, 5.74) is 41.3. The first-order valence-corrected chi connectivity index (χ1v) is 21.9. The minimum absolute atomic E-state index is 0.00850. The van der Waals surface area contributed by atoms with Gasteiger partial charge in [-0.2, -0.15) is 0 Å². The quantitative estimate of drug-likeness (QED) is 0.0226. The van der Waals surface area contributed by atoms with E-state index in [9.17, 15) is 19.2 Å². The lowest BCUT2D eigenvalue weighted by Gasteiger charge is -2.20. The molecular weight excluding hydrogens is 837 g/mol. The van der Waals surface area contributed by atoms with E-state index in [1.807, 2.05) is 0 Å². The lowest BCUT2D eigenvalue weighted by atomic mass is 10.1. The highest BCUT2D eigenvalue weighted by atomic mass is 32.2. The predicted molar refractivity (Wildman–Crippen MR) is 251 cm³/mol. The standard InChI is InChI=1S/C40H60N14O6S2/c1-25(45)48-17-6-18-50-40(58)54-31-10-5-9-30(36(31)62-22-15-44)53-38(57)27-23-26(32(59-19-12-41)24-33(27)60-20-13-42)37(56)52-29-8-4-7-28(35(29)61-21-14-43)51-34(55)11-2-3-16-49-39(46)47/h4-5,7-10,23-24H,2-3,6,11-22,41-44H2,1H3,(H2,45,48)(H,51,55)(H,52,56)(H,53,57)(H4,46,47,49)(H2,50,54,58). The van der Waals surface area contributed by atoms with Gasteiger partial charge in [-0.15, -0.1) is 23.5 Å². The van der Waals surface area contributed by atoms with Gasteiger partial charge in [0.1, 0.15) is 24.7 Å². The van der Waals surface area contributed by atoms with Crippen LogP contribution in [0, 0.1) is 0 Å². The van der Waals surface area contributed by atoms with Crippen molar-refractivity contribution in [2.75, 3.05) is 91.8 Å². The van der Waals surface area contributed by atoms with E-state index in [2.05, 4.69) is 36.6 Å². The van der Waals surface area contributed by atoms with Crippen LogP contribution in [-0.4, -0.2) is 106 Å². The van der Waals surface area contributed by atoms with Crippen LogP contribution in [0.4, 0.5) is 27.5 Å². The number of hydrogen-bond acceptors (Lipinski definition) is 14. The summed E-state index contributed by atoms with van der Waals surface area (Å²) in [5, 5.41) is 14.4. The van der Waals surface area contributed by atoms with Crippen LogP contribution in [0.3, 0.4) is 0 Å². The lowest BCUT2D eigenvalue weighted by molar-refractivity contribution is -0.116. The molecule has 3 rings (SSSR count). The number of carbonyl (C=O) groups is 4. The van der Waals surface area contributed by atoms with Gasteiger partial charge in [0.05, 0.1) is 49.5 Å². The van der Waals surface area contributed by atoms with Crippen LogP contribution in [0.25, 0.3) is 0 Å². The van der Waals surface area contributed by atoms with E-state index in [4.69, 9.17) is 49.6 Å². The van der Waals surface area contributed by atoms with E-state index in [1.54, 1.807) is 43.3 Å². The lowest BCUT2D eigenvalue weighted by Crippen LogP contribution is -2.30. The summed E-state index contributed by atoms with van der Waals surface area (Å²) in [7, 11) is 0. The van der Waals surface area contributed by atoms with Crippen LogP contribution in [-0.2, 0) is 4.79 Å². The molecule has 0 unspecified atom stereocenters. The van der Waals surface area contributed by atoms with Gasteiger partial charge in [0.15, 0.2) is 5.96 Å². The fraction of sp³-hybridized carbons (Fsp3) is 0.400. The molecule has 0 fully saturated rings. The number of anilines is 4. The maximum atomic E-state index is 14.3. The number of nitrogens with one attached hydrogen (secondary N) is 5. The Morgan fingerprint density at radius 3 is 1.61 bits per heavy atom. The SMILES string of the molecule is CC(N)=NCCCNC(=O)Nc1cccc(NC(=O)c2cc(C(=O)Nc3cccc(NC(=O)CCCCN=C(N)N)c3SCCN)c(OCCN)cc2OCCN)c1SCCN. The van der Waals surface area contributed by atoms with Crippen LogP contribution in [0.1, 0.15) is 53.3 Å². The zero-order chi connectivity index (χ0) is 45.3. The van der Waals surface area contributed by atoms with Gasteiger partial charge in [0, 0.05) is 69.8 Å². The van der Waals surface area contributed by atoms with E-state index in [0.29, 0.717) is 102 Å². The summed E-state index contributed by atoms with van der Waals surface area (Å²) in [6.45, 7) is 3.93.